The highest BCUT2D eigenvalue weighted by Gasteiger charge is 2.32. The summed E-state index contributed by atoms with van der Waals surface area (Å²) in [5, 5.41) is 12.8. The Morgan fingerprint density at radius 3 is 2.94 bits per heavy atom. The summed E-state index contributed by atoms with van der Waals surface area (Å²) in [6.07, 6.45) is 6.19. The first-order valence-electron chi connectivity index (χ1n) is 12.6. The minimum absolute atomic E-state index is 0.150. The van der Waals surface area contributed by atoms with E-state index in [1.165, 1.54) is 11.3 Å². The van der Waals surface area contributed by atoms with Crippen molar-refractivity contribution in [2.24, 2.45) is 5.41 Å². The van der Waals surface area contributed by atoms with Gasteiger partial charge in [0.05, 0.1) is 6.10 Å². The summed E-state index contributed by atoms with van der Waals surface area (Å²) in [6.45, 7) is 12.2. The quantitative estimate of drug-likeness (QED) is 0.401. The number of ether oxygens (including phenoxy) is 1. The number of hydrogen-bond donors (Lipinski definition) is 1. The maximum Gasteiger partial charge on any atom is 0.407 e. The van der Waals surface area contributed by atoms with Gasteiger partial charge in [0.1, 0.15) is 5.65 Å². The van der Waals surface area contributed by atoms with Crippen LogP contribution in [-0.4, -0.2) is 48.2 Å². The van der Waals surface area contributed by atoms with E-state index in [1.807, 2.05) is 36.7 Å². The van der Waals surface area contributed by atoms with Crippen molar-refractivity contribution in [1.29, 1.82) is 0 Å². The molecular formula is C26H33N7O3. The van der Waals surface area contributed by atoms with Crippen LogP contribution in [0, 0.1) is 5.41 Å². The molecule has 0 bridgehead atoms. The Morgan fingerprint density at radius 2 is 2.17 bits per heavy atom. The van der Waals surface area contributed by atoms with Gasteiger partial charge in [-0.2, -0.15) is 10.1 Å². The van der Waals surface area contributed by atoms with Crippen molar-refractivity contribution >= 4 is 17.1 Å². The normalized spacial score (nSPS) is 14.8. The summed E-state index contributed by atoms with van der Waals surface area (Å²) < 4.78 is 14.8. The van der Waals surface area contributed by atoms with Crippen LogP contribution in [0.4, 0.5) is 4.79 Å². The van der Waals surface area contributed by atoms with E-state index in [4.69, 9.17) is 14.4 Å². The fourth-order valence-corrected chi connectivity index (χ4v) is 4.78. The van der Waals surface area contributed by atoms with E-state index in [9.17, 15) is 4.79 Å². The first-order valence-corrected chi connectivity index (χ1v) is 12.6. The predicted octanol–water partition coefficient (Wildman–Crippen LogP) is 4.62. The van der Waals surface area contributed by atoms with Crippen LogP contribution in [-0.2, 0) is 30.7 Å². The van der Waals surface area contributed by atoms with E-state index in [0.717, 1.165) is 48.1 Å². The Morgan fingerprint density at radius 1 is 1.33 bits per heavy atom. The topological polar surface area (TPSA) is 113 Å². The molecule has 0 aliphatic heterocycles. The monoisotopic (exact) mass is 491 g/mol. The fraction of sp³-hybridized carbons (Fsp3) is 0.500. The fourth-order valence-electron chi connectivity index (χ4n) is 4.78. The van der Waals surface area contributed by atoms with Crippen molar-refractivity contribution in [3.05, 3.63) is 35.8 Å². The standard InChI is InChI=1S/C26H33N7O3/c1-6-33-20-14-26(4,5)9-7-19(20)21(30-33)24-29-22(31-36-24)18-13-17-8-11-32(23(17)28-15-18)12-10-27-25(34)35-16(2)3/h8,11,13,15-16H,6-7,9-10,12,14H2,1-5H3,(H,27,34). The van der Waals surface area contributed by atoms with Gasteiger partial charge in [-0.1, -0.05) is 19.0 Å². The number of carbonyl (C=O) groups excluding carboxylic acids is 1. The first-order chi connectivity index (χ1) is 17.2. The lowest BCUT2D eigenvalue weighted by atomic mass is 9.76. The Hall–Kier alpha value is -3.69. The molecule has 190 valence electrons. The zero-order valence-corrected chi connectivity index (χ0v) is 21.5. The number of pyridine rings is 1. The van der Waals surface area contributed by atoms with Gasteiger partial charge in [0.25, 0.3) is 5.89 Å². The van der Waals surface area contributed by atoms with Gasteiger partial charge in [-0.3, -0.25) is 4.68 Å². The van der Waals surface area contributed by atoms with Crippen molar-refractivity contribution in [1.82, 2.24) is 34.8 Å². The van der Waals surface area contributed by atoms with Gasteiger partial charge in [-0.15, -0.1) is 0 Å². The molecule has 1 aliphatic carbocycles. The molecule has 0 radical (unpaired) electrons. The molecule has 4 aromatic heterocycles. The molecule has 0 fully saturated rings. The second-order valence-corrected chi connectivity index (χ2v) is 10.4. The third kappa shape index (κ3) is 4.72. The van der Waals surface area contributed by atoms with Gasteiger partial charge in [-0.05, 0) is 57.6 Å². The smallest absolute Gasteiger partial charge is 0.407 e. The van der Waals surface area contributed by atoms with E-state index < -0.39 is 6.09 Å². The summed E-state index contributed by atoms with van der Waals surface area (Å²) in [4.78, 5) is 21.0. The van der Waals surface area contributed by atoms with Crippen LogP contribution >= 0.6 is 0 Å². The number of alkyl carbamates (subject to hydrolysis) is 1. The SMILES string of the molecule is CCn1nc(-c2nc(-c3cnc4c(ccn4CCNC(=O)OC(C)C)c3)no2)c2c1CC(C)(C)CC2. The molecule has 0 atom stereocenters. The first kappa shape index (κ1) is 24.0. The summed E-state index contributed by atoms with van der Waals surface area (Å²) in [5.41, 5.74) is 5.16. The maximum atomic E-state index is 11.7. The van der Waals surface area contributed by atoms with E-state index >= 15 is 0 Å². The van der Waals surface area contributed by atoms with E-state index in [0.29, 0.717) is 24.8 Å². The average molecular weight is 492 g/mol. The second kappa shape index (κ2) is 9.40. The van der Waals surface area contributed by atoms with Crippen LogP contribution in [0.2, 0.25) is 0 Å². The van der Waals surface area contributed by atoms with Gasteiger partial charge in [0, 0.05) is 54.2 Å². The Balaban J connectivity index is 1.34. The van der Waals surface area contributed by atoms with Gasteiger partial charge in [-0.25, -0.2) is 9.78 Å². The molecule has 10 nitrogen and oxygen atoms in total. The second-order valence-electron chi connectivity index (χ2n) is 10.4. The summed E-state index contributed by atoms with van der Waals surface area (Å²) in [7, 11) is 0. The zero-order chi connectivity index (χ0) is 25.4. The lowest BCUT2D eigenvalue weighted by Gasteiger charge is -2.30. The molecule has 10 heteroatoms. The zero-order valence-electron chi connectivity index (χ0n) is 21.5. The van der Waals surface area contributed by atoms with Crippen molar-refractivity contribution in [3.8, 4) is 23.0 Å². The molecular weight excluding hydrogens is 458 g/mol. The van der Waals surface area contributed by atoms with Crippen LogP contribution in [0.3, 0.4) is 0 Å². The molecule has 4 aromatic rings. The number of rotatable bonds is 7. The lowest BCUT2D eigenvalue weighted by Crippen LogP contribution is -2.29. The van der Waals surface area contributed by atoms with Crippen LogP contribution in [0.25, 0.3) is 34.0 Å². The number of hydrogen-bond acceptors (Lipinski definition) is 7. The van der Waals surface area contributed by atoms with Crippen LogP contribution in [0.1, 0.15) is 52.3 Å². The number of aryl methyl sites for hydroxylation is 1. The average Bonchev–Trinajstić information content (AvgIpc) is 3.54. The number of nitrogens with zero attached hydrogens (tertiary/aromatic N) is 6. The molecule has 1 aliphatic rings. The van der Waals surface area contributed by atoms with Crippen molar-refractivity contribution in [2.75, 3.05) is 6.54 Å². The highest BCUT2D eigenvalue weighted by Crippen LogP contribution is 2.39. The minimum atomic E-state index is -0.418. The lowest BCUT2D eigenvalue weighted by molar-refractivity contribution is 0.115. The van der Waals surface area contributed by atoms with Gasteiger partial charge in [0.2, 0.25) is 5.82 Å². The molecule has 1 N–H and O–H groups in total. The number of carbonyl (C=O) groups is 1. The van der Waals surface area contributed by atoms with Crippen LogP contribution < -0.4 is 5.32 Å². The molecule has 5 rings (SSSR count). The molecule has 1 amide bonds. The number of aromatic nitrogens is 6. The van der Waals surface area contributed by atoms with Gasteiger partial charge >= 0.3 is 6.09 Å². The van der Waals surface area contributed by atoms with Gasteiger partial charge in [0.15, 0.2) is 5.69 Å². The van der Waals surface area contributed by atoms with Gasteiger partial charge < -0.3 is 19.1 Å². The van der Waals surface area contributed by atoms with Crippen molar-refractivity contribution < 1.29 is 14.1 Å². The van der Waals surface area contributed by atoms with Crippen LogP contribution in [0.5, 0.6) is 0 Å². The largest absolute Gasteiger partial charge is 0.447 e. The molecule has 0 aromatic carbocycles. The third-order valence-corrected chi connectivity index (χ3v) is 6.62. The molecule has 4 heterocycles. The predicted molar refractivity (Wildman–Crippen MR) is 135 cm³/mol. The highest BCUT2D eigenvalue weighted by atomic mass is 16.6. The molecule has 0 unspecified atom stereocenters. The highest BCUT2D eigenvalue weighted by molar-refractivity contribution is 5.80. The Bertz CT molecular complexity index is 1400. The third-order valence-electron chi connectivity index (χ3n) is 6.62. The van der Waals surface area contributed by atoms with E-state index in [1.54, 1.807) is 6.20 Å². The number of amides is 1. The number of fused-ring (bicyclic) bond motifs is 2. The molecule has 0 saturated carbocycles. The van der Waals surface area contributed by atoms with Crippen molar-refractivity contribution in [2.45, 2.75) is 73.1 Å². The maximum absolute atomic E-state index is 11.7. The minimum Gasteiger partial charge on any atom is -0.447 e. The van der Waals surface area contributed by atoms with Crippen molar-refractivity contribution in [3.63, 3.8) is 0 Å². The summed E-state index contributed by atoms with van der Waals surface area (Å²) >= 11 is 0. The Labute approximate surface area is 210 Å². The Kier molecular flexibility index (Phi) is 6.27. The summed E-state index contributed by atoms with van der Waals surface area (Å²) in [6, 6.07) is 3.98. The molecule has 0 spiro atoms. The van der Waals surface area contributed by atoms with E-state index in [2.05, 4.69) is 45.9 Å². The molecule has 0 saturated heterocycles. The summed E-state index contributed by atoms with van der Waals surface area (Å²) in [5.74, 6) is 0.936. The number of nitrogens with one attached hydrogen (secondary N) is 1. The van der Waals surface area contributed by atoms with E-state index in [-0.39, 0.29) is 11.5 Å². The van der Waals surface area contributed by atoms with Crippen LogP contribution in [0.15, 0.2) is 29.0 Å². The molecule has 36 heavy (non-hydrogen) atoms.